The molecule has 0 heterocycles. The third kappa shape index (κ3) is 3.62. The lowest BCUT2D eigenvalue weighted by molar-refractivity contribution is 0.0952. The number of rotatable bonds is 6. The average molecular weight is 219 g/mol. The van der Waals surface area contributed by atoms with Crippen LogP contribution in [0.2, 0.25) is 0 Å². The summed E-state index contributed by atoms with van der Waals surface area (Å²) in [6, 6.07) is 11.5. The van der Waals surface area contributed by atoms with Crippen molar-refractivity contribution in [2.75, 3.05) is 6.61 Å². The highest BCUT2D eigenvalue weighted by molar-refractivity contribution is 5.13. The standard InChI is InChI=1S/C14H21NO/c1-12(15-14-8-5-9-14)10-16-11-13-6-3-2-4-7-13/h2-4,6-7,12,14-15H,5,8-11H2,1H3. The zero-order chi connectivity index (χ0) is 11.2. The van der Waals surface area contributed by atoms with E-state index in [-0.39, 0.29) is 0 Å². The van der Waals surface area contributed by atoms with Crippen molar-refractivity contribution in [2.24, 2.45) is 0 Å². The lowest BCUT2D eigenvalue weighted by Crippen LogP contribution is -2.42. The monoisotopic (exact) mass is 219 g/mol. The fourth-order valence-electron chi connectivity index (χ4n) is 1.95. The fraction of sp³-hybridized carbons (Fsp3) is 0.571. The molecule has 0 bridgehead atoms. The summed E-state index contributed by atoms with van der Waals surface area (Å²) in [6.45, 7) is 3.71. The molecule has 0 spiro atoms. The number of ether oxygens (including phenoxy) is 1. The Hall–Kier alpha value is -0.860. The van der Waals surface area contributed by atoms with Gasteiger partial charge in [0.2, 0.25) is 0 Å². The van der Waals surface area contributed by atoms with Crippen molar-refractivity contribution >= 4 is 0 Å². The van der Waals surface area contributed by atoms with E-state index >= 15 is 0 Å². The highest BCUT2D eigenvalue weighted by Gasteiger charge is 2.18. The van der Waals surface area contributed by atoms with Crippen molar-refractivity contribution in [1.82, 2.24) is 5.32 Å². The van der Waals surface area contributed by atoms with Crippen LogP contribution >= 0.6 is 0 Å². The normalized spacial score (nSPS) is 18.1. The molecular weight excluding hydrogens is 198 g/mol. The average Bonchev–Trinajstić information content (AvgIpc) is 2.25. The maximum Gasteiger partial charge on any atom is 0.0717 e. The SMILES string of the molecule is CC(COCc1ccccc1)NC1CCC1. The Bertz CT molecular complexity index is 295. The third-order valence-corrected chi connectivity index (χ3v) is 3.10. The molecule has 1 fully saturated rings. The molecule has 16 heavy (non-hydrogen) atoms. The van der Waals surface area contributed by atoms with Crippen LogP contribution in [0, 0.1) is 0 Å². The summed E-state index contributed by atoms with van der Waals surface area (Å²) < 4.78 is 5.69. The molecular formula is C14H21NO. The van der Waals surface area contributed by atoms with Crippen molar-refractivity contribution in [3.63, 3.8) is 0 Å². The Labute approximate surface area is 98.0 Å². The second-order valence-electron chi connectivity index (χ2n) is 4.70. The number of hydrogen-bond donors (Lipinski definition) is 1. The summed E-state index contributed by atoms with van der Waals surface area (Å²) in [5, 5.41) is 3.58. The first-order chi connectivity index (χ1) is 7.84. The van der Waals surface area contributed by atoms with E-state index in [0.717, 1.165) is 19.3 Å². The smallest absolute Gasteiger partial charge is 0.0717 e. The van der Waals surface area contributed by atoms with Gasteiger partial charge in [0.25, 0.3) is 0 Å². The summed E-state index contributed by atoms with van der Waals surface area (Å²) >= 11 is 0. The molecule has 0 amide bonds. The van der Waals surface area contributed by atoms with Gasteiger partial charge in [0.15, 0.2) is 0 Å². The topological polar surface area (TPSA) is 21.3 Å². The minimum absolute atomic E-state index is 0.467. The predicted octanol–water partition coefficient (Wildman–Crippen LogP) is 2.73. The summed E-state index contributed by atoms with van der Waals surface area (Å²) in [6.07, 6.45) is 4.06. The number of benzene rings is 1. The second kappa shape index (κ2) is 6.02. The van der Waals surface area contributed by atoms with Crippen LogP contribution in [-0.4, -0.2) is 18.7 Å². The van der Waals surface area contributed by atoms with Crippen molar-refractivity contribution in [3.05, 3.63) is 35.9 Å². The van der Waals surface area contributed by atoms with Crippen LogP contribution < -0.4 is 5.32 Å². The highest BCUT2D eigenvalue weighted by Crippen LogP contribution is 2.18. The van der Waals surface area contributed by atoms with Crippen molar-refractivity contribution in [3.8, 4) is 0 Å². The summed E-state index contributed by atoms with van der Waals surface area (Å²) in [5.41, 5.74) is 1.25. The molecule has 1 N–H and O–H groups in total. The summed E-state index contributed by atoms with van der Waals surface area (Å²) in [4.78, 5) is 0. The van der Waals surface area contributed by atoms with E-state index in [1.54, 1.807) is 0 Å². The third-order valence-electron chi connectivity index (χ3n) is 3.10. The quantitative estimate of drug-likeness (QED) is 0.794. The summed E-state index contributed by atoms with van der Waals surface area (Å²) in [7, 11) is 0. The molecule has 0 saturated heterocycles. The van der Waals surface area contributed by atoms with E-state index in [2.05, 4.69) is 36.5 Å². The largest absolute Gasteiger partial charge is 0.375 e. The van der Waals surface area contributed by atoms with Crippen molar-refractivity contribution in [1.29, 1.82) is 0 Å². The van der Waals surface area contributed by atoms with Gasteiger partial charge in [0.1, 0.15) is 0 Å². The first kappa shape index (κ1) is 11.6. The maximum atomic E-state index is 5.69. The molecule has 1 saturated carbocycles. The van der Waals surface area contributed by atoms with Gasteiger partial charge in [-0.15, -0.1) is 0 Å². The Balaban J connectivity index is 1.60. The molecule has 2 heteroatoms. The molecule has 2 rings (SSSR count). The molecule has 1 aromatic carbocycles. The van der Waals surface area contributed by atoms with Crippen molar-refractivity contribution in [2.45, 2.75) is 44.9 Å². The van der Waals surface area contributed by atoms with Gasteiger partial charge in [0.05, 0.1) is 13.2 Å². The lowest BCUT2D eigenvalue weighted by Gasteiger charge is -2.29. The van der Waals surface area contributed by atoms with Crippen LogP contribution in [0.5, 0.6) is 0 Å². The minimum Gasteiger partial charge on any atom is -0.375 e. The van der Waals surface area contributed by atoms with E-state index in [1.165, 1.54) is 24.8 Å². The van der Waals surface area contributed by atoms with Crippen LogP contribution in [0.15, 0.2) is 30.3 Å². The van der Waals surface area contributed by atoms with Gasteiger partial charge in [-0.1, -0.05) is 36.8 Å². The van der Waals surface area contributed by atoms with Crippen LogP contribution in [0.3, 0.4) is 0 Å². The maximum absolute atomic E-state index is 5.69. The summed E-state index contributed by atoms with van der Waals surface area (Å²) in [5.74, 6) is 0. The molecule has 0 radical (unpaired) electrons. The van der Waals surface area contributed by atoms with Crippen LogP contribution in [0.25, 0.3) is 0 Å². The Morgan fingerprint density at radius 3 is 2.69 bits per heavy atom. The molecule has 0 aliphatic heterocycles. The molecule has 2 nitrogen and oxygen atoms in total. The highest BCUT2D eigenvalue weighted by atomic mass is 16.5. The van der Waals surface area contributed by atoms with E-state index < -0.39 is 0 Å². The Morgan fingerprint density at radius 1 is 1.31 bits per heavy atom. The second-order valence-corrected chi connectivity index (χ2v) is 4.70. The van der Waals surface area contributed by atoms with Gasteiger partial charge in [0, 0.05) is 12.1 Å². The van der Waals surface area contributed by atoms with Gasteiger partial charge in [-0.05, 0) is 25.3 Å². The number of hydrogen-bond acceptors (Lipinski definition) is 2. The van der Waals surface area contributed by atoms with Gasteiger partial charge < -0.3 is 10.1 Å². The first-order valence-corrected chi connectivity index (χ1v) is 6.22. The lowest BCUT2D eigenvalue weighted by atomic mass is 9.92. The van der Waals surface area contributed by atoms with Gasteiger partial charge in [-0.25, -0.2) is 0 Å². The van der Waals surface area contributed by atoms with E-state index in [1.807, 2.05) is 6.07 Å². The van der Waals surface area contributed by atoms with E-state index in [0.29, 0.717) is 6.04 Å². The molecule has 1 aliphatic rings. The molecule has 1 unspecified atom stereocenters. The Morgan fingerprint density at radius 2 is 2.06 bits per heavy atom. The van der Waals surface area contributed by atoms with Crippen LogP contribution in [0.1, 0.15) is 31.7 Å². The first-order valence-electron chi connectivity index (χ1n) is 6.22. The van der Waals surface area contributed by atoms with E-state index in [4.69, 9.17) is 4.74 Å². The predicted molar refractivity (Wildman–Crippen MR) is 66.3 cm³/mol. The van der Waals surface area contributed by atoms with Gasteiger partial charge in [-0.2, -0.15) is 0 Å². The molecule has 1 aliphatic carbocycles. The van der Waals surface area contributed by atoms with Gasteiger partial charge >= 0.3 is 0 Å². The number of nitrogens with one attached hydrogen (secondary N) is 1. The fourth-order valence-corrected chi connectivity index (χ4v) is 1.95. The van der Waals surface area contributed by atoms with Gasteiger partial charge in [-0.3, -0.25) is 0 Å². The van der Waals surface area contributed by atoms with Crippen molar-refractivity contribution < 1.29 is 4.74 Å². The van der Waals surface area contributed by atoms with E-state index in [9.17, 15) is 0 Å². The Kier molecular flexibility index (Phi) is 4.37. The minimum atomic E-state index is 0.467. The van der Waals surface area contributed by atoms with Crippen LogP contribution in [-0.2, 0) is 11.3 Å². The molecule has 1 atom stereocenters. The zero-order valence-electron chi connectivity index (χ0n) is 9.99. The van der Waals surface area contributed by atoms with Crippen LogP contribution in [0.4, 0.5) is 0 Å². The molecule has 1 aromatic rings. The zero-order valence-corrected chi connectivity index (χ0v) is 9.99. The molecule has 88 valence electrons. The molecule has 0 aromatic heterocycles.